The Balaban J connectivity index is 1.60. The van der Waals surface area contributed by atoms with Crippen LogP contribution in [0.25, 0.3) is 0 Å². The SMILES string of the molecule is CC(C)n1cnnc1CC1CCCN(C(=O)Cc2cccc(F)c2)C1. The second-order valence-electron chi connectivity index (χ2n) is 7.11. The lowest BCUT2D eigenvalue weighted by atomic mass is 9.94. The van der Waals surface area contributed by atoms with Crippen molar-refractivity contribution < 1.29 is 9.18 Å². The number of aromatic nitrogens is 3. The lowest BCUT2D eigenvalue weighted by molar-refractivity contribution is -0.132. The molecule has 1 aliphatic rings. The maximum atomic E-state index is 13.3. The van der Waals surface area contributed by atoms with Gasteiger partial charge in [-0.2, -0.15) is 0 Å². The van der Waals surface area contributed by atoms with Gasteiger partial charge in [-0.25, -0.2) is 4.39 Å². The summed E-state index contributed by atoms with van der Waals surface area (Å²) in [5.74, 6) is 1.15. The van der Waals surface area contributed by atoms with E-state index in [2.05, 4.69) is 28.6 Å². The van der Waals surface area contributed by atoms with Crippen molar-refractivity contribution in [2.45, 2.75) is 45.6 Å². The summed E-state index contributed by atoms with van der Waals surface area (Å²) in [6.45, 7) is 5.74. The van der Waals surface area contributed by atoms with Crippen LogP contribution in [0.15, 0.2) is 30.6 Å². The van der Waals surface area contributed by atoms with E-state index in [1.165, 1.54) is 12.1 Å². The minimum atomic E-state index is -0.296. The van der Waals surface area contributed by atoms with E-state index in [0.29, 0.717) is 12.0 Å². The molecule has 1 aromatic heterocycles. The highest BCUT2D eigenvalue weighted by atomic mass is 19.1. The first kappa shape index (κ1) is 17.6. The van der Waals surface area contributed by atoms with Gasteiger partial charge in [-0.15, -0.1) is 10.2 Å². The number of hydrogen-bond acceptors (Lipinski definition) is 3. The third kappa shape index (κ3) is 4.44. The predicted molar refractivity (Wildman–Crippen MR) is 93.5 cm³/mol. The average Bonchev–Trinajstić information content (AvgIpc) is 3.03. The van der Waals surface area contributed by atoms with Crippen LogP contribution in [0.4, 0.5) is 4.39 Å². The summed E-state index contributed by atoms with van der Waals surface area (Å²) in [5.41, 5.74) is 0.728. The maximum Gasteiger partial charge on any atom is 0.227 e. The number of nitrogens with zero attached hydrogens (tertiary/aromatic N) is 4. The van der Waals surface area contributed by atoms with Crippen LogP contribution in [-0.4, -0.2) is 38.7 Å². The molecule has 1 fully saturated rings. The number of carbonyl (C=O) groups excluding carboxylic acids is 1. The molecule has 134 valence electrons. The van der Waals surface area contributed by atoms with Gasteiger partial charge in [0.2, 0.25) is 5.91 Å². The molecule has 5 nitrogen and oxygen atoms in total. The van der Waals surface area contributed by atoms with Gasteiger partial charge in [0.05, 0.1) is 6.42 Å². The normalized spacial score (nSPS) is 17.9. The summed E-state index contributed by atoms with van der Waals surface area (Å²) in [4.78, 5) is 14.5. The molecule has 0 saturated carbocycles. The molecule has 2 heterocycles. The third-order valence-corrected chi connectivity index (χ3v) is 4.79. The Labute approximate surface area is 147 Å². The number of rotatable bonds is 5. The minimum Gasteiger partial charge on any atom is -0.342 e. The fraction of sp³-hybridized carbons (Fsp3) is 0.526. The van der Waals surface area contributed by atoms with Crippen LogP contribution >= 0.6 is 0 Å². The van der Waals surface area contributed by atoms with E-state index in [1.807, 2.05) is 4.90 Å². The lowest BCUT2D eigenvalue weighted by Gasteiger charge is -2.33. The zero-order chi connectivity index (χ0) is 17.8. The Hall–Kier alpha value is -2.24. The zero-order valence-corrected chi connectivity index (χ0v) is 14.9. The monoisotopic (exact) mass is 344 g/mol. The fourth-order valence-corrected chi connectivity index (χ4v) is 3.49. The van der Waals surface area contributed by atoms with Crippen molar-refractivity contribution in [3.63, 3.8) is 0 Å². The summed E-state index contributed by atoms with van der Waals surface area (Å²) in [5, 5.41) is 8.27. The number of halogens is 1. The van der Waals surface area contributed by atoms with Crippen LogP contribution in [0.2, 0.25) is 0 Å². The van der Waals surface area contributed by atoms with Gasteiger partial charge >= 0.3 is 0 Å². The van der Waals surface area contributed by atoms with Gasteiger partial charge in [-0.3, -0.25) is 4.79 Å². The molecule has 1 saturated heterocycles. The van der Waals surface area contributed by atoms with Crippen molar-refractivity contribution in [2.75, 3.05) is 13.1 Å². The molecule has 3 rings (SSSR count). The van der Waals surface area contributed by atoms with Gasteiger partial charge < -0.3 is 9.47 Å². The van der Waals surface area contributed by atoms with Crippen LogP contribution < -0.4 is 0 Å². The first-order chi connectivity index (χ1) is 12.0. The molecule has 1 unspecified atom stereocenters. The molecular weight excluding hydrogens is 319 g/mol. The van der Waals surface area contributed by atoms with Gasteiger partial charge in [-0.1, -0.05) is 12.1 Å². The second kappa shape index (κ2) is 7.76. The fourth-order valence-electron chi connectivity index (χ4n) is 3.49. The highest BCUT2D eigenvalue weighted by Gasteiger charge is 2.25. The van der Waals surface area contributed by atoms with Crippen molar-refractivity contribution in [1.82, 2.24) is 19.7 Å². The molecule has 1 aromatic carbocycles. The molecule has 0 N–H and O–H groups in total. The Bertz CT molecular complexity index is 728. The average molecular weight is 344 g/mol. The van der Waals surface area contributed by atoms with Crippen molar-refractivity contribution in [3.05, 3.63) is 47.8 Å². The van der Waals surface area contributed by atoms with Crippen molar-refractivity contribution >= 4 is 5.91 Å². The predicted octanol–water partition coefficient (Wildman–Crippen LogP) is 3.02. The van der Waals surface area contributed by atoms with E-state index in [4.69, 9.17) is 0 Å². The quantitative estimate of drug-likeness (QED) is 0.838. The summed E-state index contributed by atoms with van der Waals surface area (Å²) in [6.07, 6.45) is 4.95. The summed E-state index contributed by atoms with van der Waals surface area (Å²) in [6, 6.07) is 6.61. The number of carbonyl (C=O) groups is 1. The Kier molecular flexibility index (Phi) is 5.46. The third-order valence-electron chi connectivity index (χ3n) is 4.79. The van der Waals surface area contributed by atoms with Crippen LogP contribution in [0, 0.1) is 11.7 Å². The van der Waals surface area contributed by atoms with Crippen LogP contribution in [0.1, 0.15) is 44.1 Å². The van der Waals surface area contributed by atoms with Gasteiger partial charge in [-0.05, 0) is 50.3 Å². The molecule has 0 bridgehead atoms. The number of benzene rings is 1. The second-order valence-corrected chi connectivity index (χ2v) is 7.11. The van der Waals surface area contributed by atoms with Crippen LogP contribution in [-0.2, 0) is 17.6 Å². The van der Waals surface area contributed by atoms with E-state index in [0.717, 1.165) is 43.7 Å². The summed E-state index contributed by atoms with van der Waals surface area (Å²) < 4.78 is 15.4. The smallest absolute Gasteiger partial charge is 0.227 e. The van der Waals surface area contributed by atoms with Gasteiger partial charge in [0.15, 0.2) is 0 Å². The molecule has 0 radical (unpaired) electrons. The molecule has 25 heavy (non-hydrogen) atoms. The summed E-state index contributed by atoms with van der Waals surface area (Å²) in [7, 11) is 0. The van der Waals surface area contributed by atoms with Crippen molar-refractivity contribution in [2.24, 2.45) is 5.92 Å². The van der Waals surface area contributed by atoms with Gasteiger partial charge in [0.1, 0.15) is 18.0 Å². The first-order valence-electron chi connectivity index (χ1n) is 8.93. The zero-order valence-electron chi connectivity index (χ0n) is 14.9. The van der Waals surface area contributed by atoms with Crippen LogP contribution in [0.5, 0.6) is 0 Å². The molecule has 0 spiro atoms. The number of likely N-dealkylation sites (tertiary alicyclic amines) is 1. The molecule has 6 heteroatoms. The first-order valence-corrected chi connectivity index (χ1v) is 8.93. The van der Waals surface area contributed by atoms with Gasteiger partial charge in [0, 0.05) is 25.6 Å². The number of amides is 1. The molecule has 2 aromatic rings. The Morgan fingerprint density at radius 3 is 3.00 bits per heavy atom. The van der Waals surface area contributed by atoms with E-state index in [1.54, 1.807) is 18.5 Å². The highest BCUT2D eigenvalue weighted by Crippen LogP contribution is 2.22. The van der Waals surface area contributed by atoms with Crippen molar-refractivity contribution in [3.8, 4) is 0 Å². The van der Waals surface area contributed by atoms with Gasteiger partial charge in [0.25, 0.3) is 0 Å². The molecule has 1 atom stereocenters. The maximum absolute atomic E-state index is 13.3. The standard InChI is InChI=1S/C19H25FN4O/c1-14(2)24-13-21-22-18(24)10-16-6-4-8-23(12-16)19(25)11-15-5-3-7-17(20)9-15/h3,5,7,9,13-14,16H,4,6,8,10-12H2,1-2H3. The molecule has 1 aliphatic heterocycles. The van der Waals surface area contributed by atoms with E-state index in [-0.39, 0.29) is 18.1 Å². The summed E-state index contributed by atoms with van der Waals surface area (Å²) >= 11 is 0. The molecule has 1 amide bonds. The topological polar surface area (TPSA) is 51.0 Å². The largest absolute Gasteiger partial charge is 0.342 e. The molecular formula is C19H25FN4O. The Morgan fingerprint density at radius 1 is 1.40 bits per heavy atom. The highest BCUT2D eigenvalue weighted by molar-refractivity contribution is 5.78. The van der Waals surface area contributed by atoms with Crippen LogP contribution in [0.3, 0.4) is 0 Å². The number of hydrogen-bond donors (Lipinski definition) is 0. The Morgan fingerprint density at radius 2 is 2.24 bits per heavy atom. The molecule has 0 aliphatic carbocycles. The van der Waals surface area contributed by atoms with E-state index in [9.17, 15) is 9.18 Å². The minimum absolute atomic E-state index is 0.0700. The lowest BCUT2D eigenvalue weighted by Crippen LogP contribution is -2.41. The van der Waals surface area contributed by atoms with E-state index < -0.39 is 0 Å². The number of piperidine rings is 1. The van der Waals surface area contributed by atoms with E-state index >= 15 is 0 Å². The van der Waals surface area contributed by atoms with Crippen molar-refractivity contribution in [1.29, 1.82) is 0 Å².